The highest BCUT2D eigenvalue weighted by Gasteiger charge is 2.64. The van der Waals surface area contributed by atoms with E-state index in [0.717, 1.165) is 25.7 Å². The molecule has 0 bridgehead atoms. The molecule has 1 aromatic heterocycles. The van der Waals surface area contributed by atoms with Crippen molar-refractivity contribution in [3.05, 3.63) is 24.0 Å². The third kappa shape index (κ3) is 2.77. The average Bonchev–Trinajstić information content (AvgIpc) is 3.26. The van der Waals surface area contributed by atoms with Gasteiger partial charge >= 0.3 is 0 Å². The first-order valence-corrected chi connectivity index (χ1v) is 9.95. The number of carbonyl (C=O) groups is 3. The molecule has 3 heterocycles. The van der Waals surface area contributed by atoms with Crippen molar-refractivity contribution in [1.29, 1.82) is 0 Å². The second-order valence-electron chi connectivity index (χ2n) is 8.47. The fourth-order valence-electron chi connectivity index (χ4n) is 5.78. The minimum absolute atomic E-state index is 0.0166. The largest absolute Gasteiger partial charge is 0.359 e. The molecule has 8 heteroatoms. The minimum atomic E-state index is -0.485. The van der Waals surface area contributed by atoms with Crippen molar-refractivity contribution in [2.24, 2.45) is 16.7 Å². The fraction of sp³-hybridized carbons (Fsp3) is 0.650. The van der Waals surface area contributed by atoms with Gasteiger partial charge in [-0.15, -0.1) is 0 Å². The lowest BCUT2D eigenvalue weighted by Gasteiger charge is -2.44. The van der Waals surface area contributed by atoms with Crippen molar-refractivity contribution in [2.75, 3.05) is 33.2 Å². The monoisotopic (exact) mass is 385 g/mol. The van der Waals surface area contributed by atoms with Crippen molar-refractivity contribution in [2.45, 2.75) is 32.6 Å². The molecular formula is C20H27N5O3. The van der Waals surface area contributed by atoms with Crippen LogP contribution in [0.4, 0.5) is 0 Å². The molecular weight excluding hydrogens is 358 g/mol. The summed E-state index contributed by atoms with van der Waals surface area (Å²) >= 11 is 0. The standard InChI is InChI=1S/C20H27N5O3/c1-14(26)25-12-16-19(4-5-20(16,13-25)18(28)21-2)6-9-24(10-7-19)17(27)15-3-8-22-23-11-15/h3,8,11,16H,4-7,9-10,12-13H2,1-2H3,(H,21,28)/t16-,20+/m0/s1. The molecule has 2 atom stereocenters. The predicted octanol–water partition coefficient (Wildman–Crippen LogP) is 0.704. The first kappa shape index (κ1) is 18.8. The van der Waals surface area contributed by atoms with Crippen LogP contribution in [0.2, 0.25) is 0 Å². The molecule has 1 saturated carbocycles. The van der Waals surface area contributed by atoms with Crippen LogP contribution in [-0.4, -0.2) is 70.9 Å². The Bertz CT molecular complexity index is 790. The number of aromatic nitrogens is 2. The molecule has 0 unspecified atom stereocenters. The first-order chi connectivity index (χ1) is 13.4. The van der Waals surface area contributed by atoms with Crippen LogP contribution in [0.1, 0.15) is 43.0 Å². The van der Waals surface area contributed by atoms with Crippen LogP contribution in [-0.2, 0) is 9.59 Å². The van der Waals surface area contributed by atoms with E-state index in [1.54, 1.807) is 20.0 Å². The lowest BCUT2D eigenvalue weighted by Crippen LogP contribution is -2.49. The summed E-state index contributed by atoms with van der Waals surface area (Å²) in [6, 6.07) is 1.69. The predicted molar refractivity (Wildman–Crippen MR) is 101 cm³/mol. The smallest absolute Gasteiger partial charge is 0.255 e. The van der Waals surface area contributed by atoms with Gasteiger partial charge in [0.25, 0.3) is 5.91 Å². The third-order valence-electron chi connectivity index (χ3n) is 7.35. The zero-order valence-electron chi connectivity index (χ0n) is 16.5. The van der Waals surface area contributed by atoms with E-state index >= 15 is 0 Å². The van der Waals surface area contributed by atoms with Crippen molar-refractivity contribution in [3.63, 3.8) is 0 Å². The molecule has 2 saturated heterocycles. The Kier molecular flexibility index (Phi) is 4.59. The molecule has 3 fully saturated rings. The number of piperidine rings is 1. The van der Waals surface area contributed by atoms with Crippen LogP contribution < -0.4 is 5.32 Å². The van der Waals surface area contributed by atoms with E-state index in [4.69, 9.17) is 0 Å². The number of likely N-dealkylation sites (tertiary alicyclic amines) is 2. The molecule has 1 N–H and O–H groups in total. The van der Waals surface area contributed by atoms with E-state index in [1.165, 1.54) is 12.4 Å². The topological polar surface area (TPSA) is 95.5 Å². The number of fused-ring (bicyclic) bond motifs is 2. The second-order valence-corrected chi connectivity index (χ2v) is 8.47. The Hall–Kier alpha value is -2.51. The number of nitrogens with one attached hydrogen (secondary N) is 1. The maximum atomic E-state index is 12.8. The van der Waals surface area contributed by atoms with Crippen molar-refractivity contribution >= 4 is 17.7 Å². The SMILES string of the molecule is CNC(=O)[C@@]12CCC3(CCN(C(=O)c4ccnnc4)CC3)[C@@H]1CN(C(C)=O)C2. The van der Waals surface area contributed by atoms with Gasteiger partial charge in [-0.1, -0.05) is 0 Å². The molecule has 0 aromatic carbocycles. The lowest BCUT2D eigenvalue weighted by molar-refractivity contribution is -0.133. The summed E-state index contributed by atoms with van der Waals surface area (Å²) in [4.78, 5) is 41.3. The highest BCUT2D eigenvalue weighted by atomic mass is 16.2. The molecule has 0 radical (unpaired) electrons. The maximum Gasteiger partial charge on any atom is 0.255 e. The van der Waals surface area contributed by atoms with Gasteiger partial charge in [0.05, 0.1) is 23.4 Å². The molecule has 2 aliphatic heterocycles. The van der Waals surface area contributed by atoms with Gasteiger partial charge in [0.2, 0.25) is 11.8 Å². The number of rotatable bonds is 2. The number of hydrogen-bond donors (Lipinski definition) is 1. The molecule has 3 aliphatic rings. The van der Waals surface area contributed by atoms with Gasteiger partial charge in [-0.05, 0) is 43.1 Å². The Balaban J connectivity index is 1.53. The molecule has 4 rings (SSSR count). The van der Waals surface area contributed by atoms with Crippen LogP contribution in [0.15, 0.2) is 18.5 Å². The van der Waals surface area contributed by atoms with E-state index in [-0.39, 0.29) is 29.1 Å². The van der Waals surface area contributed by atoms with E-state index < -0.39 is 5.41 Å². The first-order valence-electron chi connectivity index (χ1n) is 9.95. The Labute approximate surface area is 164 Å². The highest BCUT2D eigenvalue weighted by Crippen LogP contribution is 2.62. The van der Waals surface area contributed by atoms with Crippen molar-refractivity contribution in [3.8, 4) is 0 Å². The summed E-state index contributed by atoms with van der Waals surface area (Å²) in [5.74, 6) is 0.228. The van der Waals surface area contributed by atoms with E-state index in [9.17, 15) is 14.4 Å². The van der Waals surface area contributed by atoms with Crippen molar-refractivity contribution < 1.29 is 14.4 Å². The molecule has 1 aliphatic carbocycles. The number of carbonyl (C=O) groups excluding carboxylic acids is 3. The zero-order valence-corrected chi connectivity index (χ0v) is 16.5. The van der Waals surface area contributed by atoms with Gasteiger partial charge in [-0.2, -0.15) is 10.2 Å². The summed E-state index contributed by atoms with van der Waals surface area (Å²) < 4.78 is 0. The summed E-state index contributed by atoms with van der Waals surface area (Å²) in [6.07, 6.45) is 6.56. The van der Waals surface area contributed by atoms with Crippen LogP contribution >= 0.6 is 0 Å². The normalized spacial score (nSPS) is 28.3. The highest BCUT2D eigenvalue weighted by molar-refractivity contribution is 5.93. The van der Waals surface area contributed by atoms with Crippen molar-refractivity contribution in [1.82, 2.24) is 25.3 Å². The Morgan fingerprint density at radius 1 is 1.11 bits per heavy atom. The quantitative estimate of drug-likeness (QED) is 0.809. The maximum absolute atomic E-state index is 12.8. The van der Waals surface area contributed by atoms with Gasteiger partial charge in [0, 0.05) is 40.2 Å². The van der Waals surface area contributed by atoms with Gasteiger partial charge in [-0.3, -0.25) is 14.4 Å². The average molecular weight is 385 g/mol. The zero-order chi connectivity index (χ0) is 19.9. The Morgan fingerprint density at radius 3 is 2.46 bits per heavy atom. The number of amides is 3. The lowest BCUT2D eigenvalue weighted by atomic mass is 9.65. The van der Waals surface area contributed by atoms with Crippen LogP contribution in [0.5, 0.6) is 0 Å². The van der Waals surface area contributed by atoms with Gasteiger partial charge in [0.1, 0.15) is 0 Å². The van der Waals surface area contributed by atoms with Crippen LogP contribution in [0.3, 0.4) is 0 Å². The molecule has 28 heavy (non-hydrogen) atoms. The van der Waals surface area contributed by atoms with E-state index in [1.807, 2.05) is 9.80 Å². The fourth-order valence-corrected chi connectivity index (χ4v) is 5.78. The molecule has 1 spiro atoms. The van der Waals surface area contributed by atoms with Gasteiger partial charge in [0.15, 0.2) is 0 Å². The van der Waals surface area contributed by atoms with Crippen LogP contribution in [0.25, 0.3) is 0 Å². The van der Waals surface area contributed by atoms with E-state index in [2.05, 4.69) is 15.5 Å². The third-order valence-corrected chi connectivity index (χ3v) is 7.35. The van der Waals surface area contributed by atoms with Gasteiger partial charge in [-0.25, -0.2) is 0 Å². The molecule has 3 amide bonds. The number of hydrogen-bond acceptors (Lipinski definition) is 5. The molecule has 8 nitrogen and oxygen atoms in total. The summed E-state index contributed by atoms with van der Waals surface area (Å²) in [7, 11) is 1.68. The van der Waals surface area contributed by atoms with Gasteiger partial charge < -0.3 is 15.1 Å². The Morgan fingerprint density at radius 2 is 1.86 bits per heavy atom. The summed E-state index contributed by atoms with van der Waals surface area (Å²) in [5.41, 5.74) is 0.0895. The molecule has 1 aromatic rings. The van der Waals surface area contributed by atoms with Crippen LogP contribution in [0, 0.1) is 16.7 Å². The molecule has 150 valence electrons. The second kappa shape index (κ2) is 6.83. The summed E-state index contributed by atoms with van der Waals surface area (Å²) in [5, 5.41) is 10.4. The summed E-state index contributed by atoms with van der Waals surface area (Å²) in [6.45, 7) is 4.07. The van der Waals surface area contributed by atoms with E-state index in [0.29, 0.717) is 31.7 Å². The number of nitrogens with zero attached hydrogens (tertiary/aromatic N) is 4. The minimum Gasteiger partial charge on any atom is -0.359 e.